The Kier molecular flexibility index (Phi) is 4.19. The summed E-state index contributed by atoms with van der Waals surface area (Å²) < 4.78 is 0. The second-order valence-electron chi connectivity index (χ2n) is 4.83. The molecule has 0 radical (unpaired) electrons. The molecule has 1 amide bonds. The first-order valence-electron chi connectivity index (χ1n) is 6.15. The molecular formula is C13H18ClN3O. The Morgan fingerprint density at radius 1 is 1.61 bits per heavy atom. The number of carbonyl (C=O) groups excluding carboxylic acids is 1. The number of hydrogen-bond donors (Lipinski definition) is 0. The van der Waals surface area contributed by atoms with Crippen LogP contribution in [-0.2, 0) is 0 Å². The van der Waals surface area contributed by atoms with Crippen LogP contribution in [0.25, 0.3) is 0 Å². The zero-order chi connectivity index (χ0) is 13.1. The zero-order valence-electron chi connectivity index (χ0n) is 10.8. The van der Waals surface area contributed by atoms with Gasteiger partial charge in [-0.05, 0) is 38.6 Å². The van der Waals surface area contributed by atoms with E-state index in [1.807, 2.05) is 7.05 Å². The molecule has 1 aliphatic heterocycles. The van der Waals surface area contributed by atoms with E-state index in [1.165, 1.54) is 12.6 Å². The second kappa shape index (κ2) is 5.67. The van der Waals surface area contributed by atoms with Crippen molar-refractivity contribution in [3.63, 3.8) is 0 Å². The molecular weight excluding hydrogens is 250 g/mol. The molecule has 0 aromatic carbocycles. The van der Waals surface area contributed by atoms with Gasteiger partial charge < -0.3 is 9.80 Å². The number of rotatable bonds is 3. The topological polar surface area (TPSA) is 36.4 Å². The minimum Gasteiger partial charge on any atom is -0.340 e. The van der Waals surface area contributed by atoms with Crippen molar-refractivity contribution in [3.05, 3.63) is 29.0 Å². The Labute approximate surface area is 113 Å². The van der Waals surface area contributed by atoms with Gasteiger partial charge in [-0.3, -0.25) is 4.79 Å². The maximum atomic E-state index is 12.2. The maximum Gasteiger partial charge on any atom is 0.255 e. The first-order chi connectivity index (χ1) is 8.58. The average molecular weight is 268 g/mol. The van der Waals surface area contributed by atoms with Crippen LogP contribution in [0.2, 0.25) is 5.15 Å². The van der Waals surface area contributed by atoms with Gasteiger partial charge in [-0.25, -0.2) is 4.98 Å². The van der Waals surface area contributed by atoms with Gasteiger partial charge in [-0.15, -0.1) is 0 Å². The van der Waals surface area contributed by atoms with E-state index in [2.05, 4.69) is 16.9 Å². The van der Waals surface area contributed by atoms with Crippen LogP contribution in [0.5, 0.6) is 0 Å². The molecule has 0 bridgehead atoms. The van der Waals surface area contributed by atoms with Gasteiger partial charge in [0.2, 0.25) is 0 Å². The first-order valence-corrected chi connectivity index (χ1v) is 6.53. The van der Waals surface area contributed by atoms with E-state index < -0.39 is 0 Å². The van der Waals surface area contributed by atoms with Gasteiger partial charge in [0, 0.05) is 25.8 Å². The minimum atomic E-state index is -0.000494. The highest BCUT2D eigenvalue weighted by Crippen LogP contribution is 2.16. The van der Waals surface area contributed by atoms with Crippen molar-refractivity contribution in [1.29, 1.82) is 0 Å². The number of likely N-dealkylation sites (N-methyl/N-ethyl adjacent to an activating group) is 2. The van der Waals surface area contributed by atoms with E-state index in [9.17, 15) is 4.79 Å². The molecule has 0 N–H and O–H groups in total. The summed E-state index contributed by atoms with van der Waals surface area (Å²) in [6.45, 7) is 1.88. The lowest BCUT2D eigenvalue weighted by Crippen LogP contribution is -2.39. The smallest absolute Gasteiger partial charge is 0.255 e. The standard InChI is InChI=1S/C13H18ClN3O/c1-16-7-3-4-11(16)9-17(2)13(18)10-5-6-12(14)15-8-10/h5-6,8,11H,3-4,7,9H2,1-2H3. The van der Waals surface area contributed by atoms with Gasteiger partial charge in [0.1, 0.15) is 5.15 Å². The molecule has 1 atom stereocenters. The summed E-state index contributed by atoms with van der Waals surface area (Å²) >= 11 is 5.71. The Morgan fingerprint density at radius 2 is 2.39 bits per heavy atom. The van der Waals surface area contributed by atoms with Crippen LogP contribution in [0.1, 0.15) is 23.2 Å². The number of pyridine rings is 1. The summed E-state index contributed by atoms with van der Waals surface area (Å²) in [5.74, 6) is -0.000494. The van der Waals surface area contributed by atoms with Gasteiger partial charge in [0.05, 0.1) is 5.56 Å². The van der Waals surface area contributed by atoms with Crippen LogP contribution in [0.15, 0.2) is 18.3 Å². The Hall–Kier alpha value is -1.13. The van der Waals surface area contributed by atoms with Gasteiger partial charge in [0.15, 0.2) is 0 Å². The van der Waals surface area contributed by atoms with Crippen molar-refractivity contribution in [2.45, 2.75) is 18.9 Å². The predicted molar refractivity (Wildman–Crippen MR) is 71.9 cm³/mol. The summed E-state index contributed by atoms with van der Waals surface area (Å²) in [5, 5.41) is 0.407. The summed E-state index contributed by atoms with van der Waals surface area (Å²) in [5.41, 5.74) is 0.586. The summed E-state index contributed by atoms with van der Waals surface area (Å²) in [6.07, 6.45) is 3.90. The number of likely N-dealkylation sites (tertiary alicyclic amines) is 1. The fraction of sp³-hybridized carbons (Fsp3) is 0.538. The molecule has 1 saturated heterocycles. The predicted octanol–water partition coefficient (Wildman–Crippen LogP) is 1.90. The van der Waals surface area contributed by atoms with Crippen LogP contribution >= 0.6 is 11.6 Å². The third-order valence-corrected chi connectivity index (χ3v) is 3.70. The zero-order valence-corrected chi connectivity index (χ0v) is 11.5. The maximum absolute atomic E-state index is 12.2. The van der Waals surface area contributed by atoms with E-state index in [-0.39, 0.29) is 5.91 Å². The molecule has 0 spiro atoms. The summed E-state index contributed by atoms with van der Waals surface area (Å²) in [7, 11) is 3.95. The van der Waals surface area contributed by atoms with E-state index in [4.69, 9.17) is 11.6 Å². The summed E-state index contributed by atoms with van der Waals surface area (Å²) in [4.78, 5) is 20.2. The number of hydrogen-bond acceptors (Lipinski definition) is 3. The lowest BCUT2D eigenvalue weighted by atomic mass is 10.2. The number of amides is 1. The normalized spacial score (nSPS) is 20.1. The molecule has 1 aromatic rings. The minimum absolute atomic E-state index is 0.000494. The van der Waals surface area contributed by atoms with Crippen LogP contribution in [-0.4, -0.2) is 53.9 Å². The highest BCUT2D eigenvalue weighted by Gasteiger charge is 2.24. The lowest BCUT2D eigenvalue weighted by molar-refractivity contribution is 0.0761. The fourth-order valence-electron chi connectivity index (χ4n) is 2.33. The molecule has 0 saturated carbocycles. The van der Waals surface area contributed by atoms with Crippen molar-refractivity contribution in [2.24, 2.45) is 0 Å². The molecule has 2 rings (SSSR count). The van der Waals surface area contributed by atoms with Crippen molar-refractivity contribution >= 4 is 17.5 Å². The largest absolute Gasteiger partial charge is 0.340 e. The fourth-order valence-corrected chi connectivity index (χ4v) is 2.44. The molecule has 1 unspecified atom stereocenters. The Balaban J connectivity index is 1.98. The highest BCUT2D eigenvalue weighted by molar-refractivity contribution is 6.29. The SMILES string of the molecule is CN(CC1CCCN1C)C(=O)c1ccc(Cl)nc1. The Morgan fingerprint density at radius 3 is 2.94 bits per heavy atom. The van der Waals surface area contributed by atoms with Crippen LogP contribution in [0, 0.1) is 0 Å². The highest BCUT2D eigenvalue weighted by atomic mass is 35.5. The van der Waals surface area contributed by atoms with Crippen molar-refractivity contribution in [3.8, 4) is 0 Å². The van der Waals surface area contributed by atoms with Crippen molar-refractivity contribution in [1.82, 2.24) is 14.8 Å². The van der Waals surface area contributed by atoms with Crippen LogP contribution in [0.3, 0.4) is 0 Å². The van der Waals surface area contributed by atoms with Crippen LogP contribution < -0.4 is 0 Å². The number of halogens is 1. The molecule has 98 valence electrons. The van der Waals surface area contributed by atoms with E-state index >= 15 is 0 Å². The van der Waals surface area contributed by atoms with E-state index in [0.29, 0.717) is 16.8 Å². The third-order valence-electron chi connectivity index (χ3n) is 3.48. The second-order valence-corrected chi connectivity index (χ2v) is 5.22. The van der Waals surface area contributed by atoms with Crippen LogP contribution in [0.4, 0.5) is 0 Å². The quantitative estimate of drug-likeness (QED) is 0.785. The van der Waals surface area contributed by atoms with Gasteiger partial charge >= 0.3 is 0 Å². The summed E-state index contributed by atoms with van der Waals surface area (Å²) in [6, 6.07) is 3.83. The molecule has 2 heterocycles. The lowest BCUT2D eigenvalue weighted by Gasteiger charge is -2.25. The third kappa shape index (κ3) is 3.00. The molecule has 4 nitrogen and oxygen atoms in total. The van der Waals surface area contributed by atoms with Crippen molar-refractivity contribution < 1.29 is 4.79 Å². The molecule has 5 heteroatoms. The van der Waals surface area contributed by atoms with Crippen molar-refractivity contribution in [2.75, 3.05) is 27.2 Å². The molecule has 18 heavy (non-hydrogen) atoms. The number of aromatic nitrogens is 1. The number of carbonyl (C=O) groups is 1. The van der Waals surface area contributed by atoms with E-state index in [0.717, 1.165) is 19.5 Å². The van der Waals surface area contributed by atoms with Gasteiger partial charge in [-0.1, -0.05) is 11.6 Å². The average Bonchev–Trinajstić information content (AvgIpc) is 2.75. The monoisotopic (exact) mass is 267 g/mol. The molecule has 1 fully saturated rings. The van der Waals surface area contributed by atoms with E-state index in [1.54, 1.807) is 17.0 Å². The van der Waals surface area contributed by atoms with Gasteiger partial charge in [-0.2, -0.15) is 0 Å². The van der Waals surface area contributed by atoms with Gasteiger partial charge in [0.25, 0.3) is 5.91 Å². The molecule has 1 aliphatic rings. The number of nitrogens with zero attached hydrogens (tertiary/aromatic N) is 3. The molecule has 1 aromatic heterocycles. The Bertz CT molecular complexity index is 421. The molecule has 0 aliphatic carbocycles. The first kappa shape index (κ1) is 13.3.